The molecule has 1 aromatic carbocycles. The first kappa shape index (κ1) is 11.6. The van der Waals surface area contributed by atoms with Crippen LogP contribution in [-0.2, 0) is 6.54 Å². The molecule has 96 valence electrons. The Morgan fingerprint density at radius 2 is 2.16 bits per heavy atom. The lowest BCUT2D eigenvalue weighted by Gasteiger charge is -2.08. The topological polar surface area (TPSA) is 56.7 Å². The number of benzene rings is 1. The van der Waals surface area contributed by atoms with Gasteiger partial charge in [-0.25, -0.2) is 9.37 Å². The van der Waals surface area contributed by atoms with E-state index in [1.165, 1.54) is 12.1 Å². The van der Waals surface area contributed by atoms with Crippen LogP contribution in [0.2, 0.25) is 0 Å². The quantitative estimate of drug-likeness (QED) is 0.766. The highest BCUT2D eigenvalue weighted by Gasteiger charge is 2.10. The average molecular weight is 256 g/mol. The molecule has 19 heavy (non-hydrogen) atoms. The third kappa shape index (κ3) is 2.03. The van der Waals surface area contributed by atoms with Crippen LogP contribution in [0.4, 0.5) is 10.3 Å². The first-order valence-electron chi connectivity index (χ1n) is 5.96. The summed E-state index contributed by atoms with van der Waals surface area (Å²) in [6.07, 6.45) is 3.53. The smallest absolute Gasteiger partial charge is 0.201 e. The van der Waals surface area contributed by atoms with E-state index in [0.717, 1.165) is 11.1 Å². The van der Waals surface area contributed by atoms with Gasteiger partial charge in [-0.05, 0) is 42.3 Å². The second-order valence-corrected chi connectivity index (χ2v) is 4.49. The van der Waals surface area contributed by atoms with Crippen LogP contribution in [-0.4, -0.2) is 14.5 Å². The third-order valence-corrected chi connectivity index (χ3v) is 3.20. The molecule has 0 unspecified atom stereocenters. The Balaban J connectivity index is 2.12. The number of imidazole rings is 1. The first-order chi connectivity index (χ1) is 9.15. The Kier molecular flexibility index (Phi) is 2.67. The fourth-order valence-corrected chi connectivity index (χ4v) is 2.13. The first-order valence-corrected chi connectivity index (χ1v) is 5.96. The molecule has 0 bridgehead atoms. The van der Waals surface area contributed by atoms with Gasteiger partial charge in [0.05, 0.1) is 17.6 Å². The van der Waals surface area contributed by atoms with Crippen LogP contribution < -0.4 is 5.73 Å². The highest BCUT2D eigenvalue weighted by atomic mass is 19.1. The van der Waals surface area contributed by atoms with Gasteiger partial charge in [0.15, 0.2) is 0 Å². The highest BCUT2D eigenvalue weighted by Crippen LogP contribution is 2.21. The number of nitrogens with two attached hydrogens (primary N) is 1. The zero-order chi connectivity index (χ0) is 13.4. The minimum Gasteiger partial charge on any atom is -0.369 e. The van der Waals surface area contributed by atoms with Crippen molar-refractivity contribution in [2.24, 2.45) is 0 Å². The number of pyridine rings is 1. The Bertz CT molecular complexity index is 748. The maximum Gasteiger partial charge on any atom is 0.201 e. The van der Waals surface area contributed by atoms with Gasteiger partial charge in [0, 0.05) is 12.4 Å². The average Bonchev–Trinajstić information content (AvgIpc) is 2.69. The molecule has 0 aliphatic rings. The lowest BCUT2D eigenvalue weighted by atomic mass is 10.1. The van der Waals surface area contributed by atoms with Crippen molar-refractivity contribution in [2.75, 3.05) is 5.73 Å². The second kappa shape index (κ2) is 4.35. The molecule has 0 atom stereocenters. The summed E-state index contributed by atoms with van der Waals surface area (Å²) in [5, 5.41) is 0. The number of aryl methyl sites for hydroxylation is 1. The van der Waals surface area contributed by atoms with Crippen molar-refractivity contribution in [1.29, 1.82) is 0 Å². The maximum absolute atomic E-state index is 13.4. The molecule has 0 saturated heterocycles. The summed E-state index contributed by atoms with van der Waals surface area (Å²) in [7, 11) is 0. The zero-order valence-electron chi connectivity index (χ0n) is 10.5. The fourth-order valence-electron chi connectivity index (χ4n) is 2.13. The Labute approximate surface area is 109 Å². The van der Waals surface area contributed by atoms with Crippen LogP contribution in [0.3, 0.4) is 0 Å². The van der Waals surface area contributed by atoms with Gasteiger partial charge in [-0.3, -0.25) is 4.98 Å². The molecular formula is C14H13FN4. The van der Waals surface area contributed by atoms with E-state index in [4.69, 9.17) is 5.73 Å². The van der Waals surface area contributed by atoms with E-state index in [1.807, 2.05) is 13.0 Å². The third-order valence-electron chi connectivity index (χ3n) is 3.20. The minimum absolute atomic E-state index is 0.292. The summed E-state index contributed by atoms with van der Waals surface area (Å²) in [6.45, 7) is 2.54. The highest BCUT2D eigenvalue weighted by molar-refractivity contribution is 5.78. The Morgan fingerprint density at radius 1 is 1.32 bits per heavy atom. The van der Waals surface area contributed by atoms with Crippen molar-refractivity contribution in [3.8, 4) is 0 Å². The number of rotatable bonds is 2. The van der Waals surface area contributed by atoms with Gasteiger partial charge in [-0.15, -0.1) is 0 Å². The largest absolute Gasteiger partial charge is 0.369 e. The van der Waals surface area contributed by atoms with Crippen molar-refractivity contribution in [1.82, 2.24) is 14.5 Å². The van der Waals surface area contributed by atoms with Crippen LogP contribution in [0.1, 0.15) is 11.1 Å². The van der Waals surface area contributed by atoms with E-state index in [2.05, 4.69) is 9.97 Å². The Hall–Kier alpha value is -2.43. The minimum atomic E-state index is -0.292. The Morgan fingerprint density at radius 3 is 2.95 bits per heavy atom. The summed E-state index contributed by atoms with van der Waals surface area (Å²) < 4.78 is 15.2. The SMILES string of the molecule is Cc1cnccc1Cn1c(N)nc2ccc(F)cc21. The van der Waals surface area contributed by atoms with Gasteiger partial charge >= 0.3 is 0 Å². The van der Waals surface area contributed by atoms with Crippen molar-refractivity contribution < 1.29 is 4.39 Å². The fraction of sp³-hybridized carbons (Fsp3) is 0.143. The van der Waals surface area contributed by atoms with E-state index in [0.29, 0.717) is 23.5 Å². The molecule has 2 aromatic heterocycles. The van der Waals surface area contributed by atoms with Crippen molar-refractivity contribution in [3.05, 3.63) is 53.6 Å². The lowest BCUT2D eigenvalue weighted by Crippen LogP contribution is -2.06. The van der Waals surface area contributed by atoms with Gasteiger partial charge in [0.1, 0.15) is 5.82 Å². The summed E-state index contributed by atoms with van der Waals surface area (Å²) >= 11 is 0. The summed E-state index contributed by atoms with van der Waals surface area (Å²) in [4.78, 5) is 8.30. The molecule has 2 heterocycles. The van der Waals surface area contributed by atoms with E-state index in [-0.39, 0.29) is 5.82 Å². The van der Waals surface area contributed by atoms with Gasteiger partial charge in [0.2, 0.25) is 5.95 Å². The molecular weight excluding hydrogens is 243 g/mol. The van der Waals surface area contributed by atoms with Crippen LogP contribution in [0, 0.1) is 12.7 Å². The van der Waals surface area contributed by atoms with E-state index >= 15 is 0 Å². The number of nitrogens with zero attached hydrogens (tertiary/aromatic N) is 3. The normalized spacial score (nSPS) is 11.1. The zero-order valence-corrected chi connectivity index (χ0v) is 10.5. The molecule has 0 aliphatic heterocycles. The summed E-state index contributed by atoms with van der Waals surface area (Å²) in [5.41, 5.74) is 9.48. The number of halogens is 1. The molecule has 0 spiro atoms. The predicted molar refractivity (Wildman–Crippen MR) is 72.2 cm³/mol. The van der Waals surface area contributed by atoms with Crippen molar-refractivity contribution >= 4 is 17.0 Å². The second-order valence-electron chi connectivity index (χ2n) is 4.49. The standard InChI is InChI=1S/C14H13FN4/c1-9-7-17-5-4-10(9)8-19-13-6-11(15)2-3-12(13)18-14(19)16/h2-7H,8H2,1H3,(H2,16,18). The van der Waals surface area contributed by atoms with Crippen LogP contribution in [0.5, 0.6) is 0 Å². The van der Waals surface area contributed by atoms with Gasteiger partial charge in [-0.1, -0.05) is 0 Å². The molecule has 2 N–H and O–H groups in total. The van der Waals surface area contributed by atoms with Crippen LogP contribution >= 0.6 is 0 Å². The van der Waals surface area contributed by atoms with Crippen LogP contribution in [0.15, 0.2) is 36.7 Å². The molecule has 5 heteroatoms. The van der Waals surface area contributed by atoms with Gasteiger partial charge < -0.3 is 10.3 Å². The van der Waals surface area contributed by atoms with Crippen molar-refractivity contribution in [3.63, 3.8) is 0 Å². The monoisotopic (exact) mass is 256 g/mol. The number of anilines is 1. The van der Waals surface area contributed by atoms with E-state index in [1.54, 1.807) is 23.0 Å². The molecule has 0 aliphatic carbocycles. The number of fused-ring (bicyclic) bond motifs is 1. The molecule has 3 rings (SSSR count). The number of aromatic nitrogens is 3. The molecule has 0 amide bonds. The summed E-state index contributed by atoms with van der Waals surface area (Å²) in [5.74, 6) is 0.0944. The maximum atomic E-state index is 13.4. The molecule has 3 aromatic rings. The molecule has 0 radical (unpaired) electrons. The van der Waals surface area contributed by atoms with E-state index in [9.17, 15) is 4.39 Å². The number of hydrogen-bond acceptors (Lipinski definition) is 3. The predicted octanol–water partition coefficient (Wildman–Crippen LogP) is 2.51. The van der Waals surface area contributed by atoms with Crippen LogP contribution in [0.25, 0.3) is 11.0 Å². The van der Waals surface area contributed by atoms with Gasteiger partial charge in [-0.2, -0.15) is 0 Å². The van der Waals surface area contributed by atoms with Crippen molar-refractivity contribution in [2.45, 2.75) is 13.5 Å². The number of nitrogen functional groups attached to an aromatic ring is 1. The summed E-state index contributed by atoms with van der Waals surface area (Å²) in [6, 6.07) is 6.41. The molecule has 0 saturated carbocycles. The molecule has 4 nitrogen and oxygen atoms in total. The lowest BCUT2D eigenvalue weighted by molar-refractivity contribution is 0.628. The van der Waals surface area contributed by atoms with Gasteiger partial charge in [0.25, 0.3) is 0 Å². The number of hydrogen-bond donors (Lipinski definition) is 1. The molecule has 0 fully saturated rings. The van der Waals surface area contributed by atoms with E-state index < -0.39 is 0 Å².